The van der Waals surface area contributed by atoms with Gasteiger partial charge in [0, 0.05) is 18.8 Å². The molecular formula is C14H17BrClN5. The first-order valence-electron chi connectivity index (χ1n) is 7.05. The van der Waals surface area contributed by atoms with E-state index < -0.39 is 0 Å². The van der Waals surface area contributed by atoms with Crippen molar-refractivity contribution < 1.29 is 0 Å². The second-order valence-electron chi connectivity index (χ2n) is 5.50. The average Bonchev–Trinajstić information content (AvgIpc) is 3.09. The first-order valence-corrected chi connectivity index (χ1v) is 8.22. The van der Waals surface area contributed by atoms with Gasteiger partial charge in [0.1, 0.15) is 5.82 Å². The molecule has 5 nitrogen and oxygen atoms in total. The monoisotopic (exact) mass is 369 g/mol. The van der Waals surface area contributed by atoms with E-state index in [1.807, 2.05) is 24.0 Å². The number of halogens is 2. The highest BCUT2D eigenvalue weighted by atomic mass is 79.9. The Morgan fingerprint density at radius 2 is 2.29 bits per heavy atom. The molecule has 21 heavy (non-hydrogen) atoms. The highest BCUT2D eigenvalue weighted by molar-refractivity contribution is 9.10. The van der Waals surface area contributed by atoms with Crippen LogP contribution in [0.25, 0.3) is 0 Å². The minimum Gasteiger partial charge on any atom is -0.370 e. The molecular weight excluding hydrogens is 354 g/mol. The summed E-state index contributed by atoms with van der Waals surface area (Å²) in [4.78, 5) is 6.17. The highest BCUT2D eigenvalue weighted by Crippen LogP contribution is 2.34. The summed E-state index contributed by atoms with van der Waals surface area (Å²) in [5.41, 5.74) is 0.977. The van der Waals surface area contributed by atoms with Crippen molar-refractivity contribution >= 4 is 33.3 Å². The normalized spacial score (nSPS) is 21.7. The lowest BCUT2D eigenvalue weighted by molar-refractivity contribution is 0.398. The third kappa shape index (κ3) is 3.55. The first kappa shape index (κ1) is 14.8. The standard InChI is InChI=1S/C14H17BrClN5/c1-9-6-19-21(20-9)11-3-2-10(4-11)7-17-14-5-13(16)12(15)8-18-14/h5-6,8,10-11H,2-4,7H2,1H3,(H,17,18). The van der Waals surface area contributed by atoms with Gasteiger partial charge in [-0.05, 0) is 48.0 Å². The molecule has 0 radical (unpaired) electrons. The molecule has 1 saturated carbocycles. The number of hydrogen-bond acceptors (Lipinski definition) is 4. The molecule has 0 bridgehead atoms. The van der Waals surface area contributed by atoms with Crippen molar-refractivity contribution in [1.82, 2.24) is 20.0 Å². The Hall–Kier alpha value is -1.14. The van der Waals surface area contributed by atoms with E-state index in [4.69, 9.17) is 11.6 Å². The van der Waals surface area contributed by atoms with Gasteiger partial charge < -0.3 is 5.32 Å². The van der Waals surface area contributed by atoms with Gasteiger partial charge in [0.2, 0.25) is 0 Å². The number of aryl methyl sites for hydroxylation is 1. The summed E-state index contributed by atoms with van der Waals surface area (Å²) in [6.45, 7) is 2.88. The van der Waals surface area contributed by atoms with Gasteiger partial charge in [-0.2, -0.15) is 15.0 Å². The molecule has 1 aliphatic carbocycles. The lowest BCUT2D eigenvalue weighted by Gasteiger charge is -2.13. The van der Waals surface area contributed by atoms with Crippen LogP contribution in [0, 0.1) is 12.8 Å². The summed E-state index contributed by atoms with van der Waals surface area (Å²) in [6, 6.07) is 2.27. The molecule has 2 atom stereocenters. The lowest BCUT2D eigenvalue weighted by atomic mass is 10.1. The molecule has 7 heteroatoms. The van der Waals surface area contributed by atoms with Gasteiger partial charge in [-0.25, -0.2) is 4.98 Å². The first-order chi connectivity index (χ1) is 10.1. The maximum atomic E-state index is 6.07. The number of nitrogens with zero attached hydrogens (tertiary/aromatic N) is 4. The van der Waals surface area contributed by atoms with E-state index in [0.717, 1.165) is 35.4 Å². The van der Waals surface area contributed by atoms with Crippen LogP contribution in [-0.4, -0.2) is 26.5 Å². The second kappa shape index (κ2) is 6.32. The minimum absolute atomic E-state index is 0.423. The molecule has 0 spiro atoms. The third-order valence-electron chi connectivity index (χ3n) is 3.84. The van der Waals surface area contributed by atoms with Crippen molar-refractivity contribution in [3.8, 4) is 0 Å². The van der Waals surface area contributed by atoms with Crippen LogP contribution in [0.5, 0.6) is 0 Å². The predicted molar refractivity (Wildman–Crippen MR) is 86.6 cm³/mol. The Morgan fingerprint density at radius 3 is 3.00 bits per heavy atom. The number of aromatic nitrogens is 4. The zero-order valence-electron chi connectivity index (χ0n) is 11.8. The van der Waals surface area contributed by atoms with Crippen LogP contribution in [-0.2, 0) is 0 Å². The molecule has 0 aromatic carbocycles. The van der Waals surface area contributed by atoms with Crippen molar-refractivity contribution in [2.75, 3.05) is 11.9 Å². The van der Waals surface area contributed by atoms with Gasteiger partial charge in [0.25, 0.3) is 0 Å². The summed E-state index contributed by atoms with van der Waals surface area (Å²) < 4.78 is 0.816. The largest absolute Gasteiger partial charge is 0.370 e. The Bertz CT molecular complexity index is 630. The topological polar surface area (TPSA) is 55.6 Å². The molecule has 1 N–H and O–H groups in total. The maximum Gasteiger partial charge on any atom is 0.127 e. The number of hydrogen-bond donors (Lipinski definition) is 1. The van der Waals surface area contributed by atoms with Gasteiger partial charge >= 0.3 is 0 Å². The number of pyridine rings is 1. The van der Waals surface area contributed by atoms with Gasteiger partial charge in [-0.1, -0.05) is 11.6 Å². The van der Waals surface area contributed by atoms with E-state index in [2.05, 4.69) is 36.4 Å². The van der Waals surface area contributed by atoms with Crippen molar-refractivity contribution in [2.45, 2.75) is 32.2 Å². The molecule has 1 aliphatic rings. The van der Waals surface area contributed by atoms with Crippen molar-refractivity contribution in [3.63, 3.8) is 0 Å². The molecule has 2 aromatic heterocycles. The number of rotatable bonds is 4. The van der Waals surface area contributed by atoms with Crippen LogP contribution in [0.1, 0.15) is 31.0 Å². The third-order valence-corrected chi connectivity index (χ3v) is 5.02. The lowest BCUT2D eigenvalue weighted by Crippen LogP contribution is -2.14. The van der Waals surface area contributed by atoms with E-state index in [1.54, 1.807) is 6.20 Å². The molecule has 2 unspecified atom stereocenters. The van der Waals surface area contributed by atoms with Crippen LogP contribution in [0.15, 0.2) is 22.9 Å². The van der Waals surface area contributed by atoms with Gasteiger partial charge in [0.05, 0.1) is 27.4 Å². The van der Waals surface area contributed by atoms with Gasteiger partial charge in [-0.15, -0.1) is 0 Å². The Kier molecular flexibility index (Phi) is 4.45. The summed E-state index contributed by atoms with van der Waals surface area (Å²) >= 11 is 9.41. The molecule has 1 fully saturated rings. The zero-order valence-corrected chi connectivity index (χ0v) is 14.1. The second-order valence-corrected chi connectivity index (χ2v) is 6.77. The number of nitrogens with one attached hydrogen (secondary N) is 1. The van der Waals surface area contributed by atoms with Crippen LogP contribution in [0.2, 0.25) is 5.02 Å². The smallest absolute Gasteiger partial charge is 0.127 e. The Morgan fingerprint density at radius 1 is 1.43 bits per heavy atom. The summed E-state index contributed by atoms with van der Waals surface area (Å²) in [7, 11) is 0. The van der Waals surface area contributed by atoms with Crippen LogP contribution < -0.4 is 5.32 Å². The average molecular weight is 371 g/mol. The minimum atomic E-state index is 0.423. The quantitative estimate of drug-likeness (QED) is 0.888. The maximum absolute atomic E-state index is 6.07. The van der Waals surface area contributed by atoms with Crippen molar-refractivity contribution in [3.05, 3.63) is 33.6 Å². The van der Waals surface area contributed by atoms with E-state index in [-0.39, 0.29) is 0 Å². The Balaban J connectivity index is 1.54. The summed E-state index contributed by atoms with van der Waals surface area (Å²) in [6.07, 6.45) is 6.96. The van der Waals surface area contributed by atoms with Crippen molar-refractivity contribution in [1.29, 1.82) is 0 Å². The number of anilines is 1. The van der Waals surface area contributed by atoms with Gasteiger partial charge in [0.15, 0.2) is 0 Å². The summed E-state index contributed by atoms with van der Waals surface area (Å²) in [5.74, 6) is 1.44. The fourth-order valence-corrected chi connectivity index (χ4v) is 3.10. The van der Waals surface area contributed by atoms with Crippen LogP contribution in [0.4, 0.5) is 5.82 Å². The molecule has 0 saturated heterocycles. The van der Waals surface area contributed by atoms with Crippen LogP contribution >= 0.6 is 27.5 Å². The SMILES string of the molecule is Cc1cnn(C2CCC(CNc3cc(Cl)c(Br)cn3)C2)n1. The Labute approximate surface area is 137 Å². The molecule has 0 aliphatic heterocycles. The molecule has 0 amide bonds. The summed E-state index contributed by atoms with van der Waals surface area (Å²) in [5, 5.41) is 12.8. The van der Waals surface area contributed by atoms with Crippen molar-refractivity contribution in [2.24, 2.45) is 5.92 Å². The van der Waals surface area contributed by atoms with E-state index in [1.165, 1.54) is 6.42 Å². The zero-order chi connectivity index (χ0) is 14.8. The fraction of sp³-hybridized carbons (Fsp3) is 0.500. The highest BCUT2D eigenvalue weighted by Gasteiger charge is 2.27. The predicted octanol–water partition coefficient (Wildman–Crippen LogP) is 3.85. The molecule has 2 heterocycles. The molecule has 2 aromatic rings. The molecule has 3 rings (SSSR count). The van der Waals surface area contributed by atoms with E-state index >= 15 is 0 Å². The van der Waals surface area contributed by atoms with E-state index in [9.17, 15) is 0 Å². The van der Waals surface area contributed by atoms with Gasteiger partial charge in [-0.3, -0.25) is 0 Å². The fourth-order valence-electron chi connectivity index (χ4n) is 2.74. The van der Waals surface area contributed by atoms with Crippen LogP contribution in [0.3, 0.4) is 0 Å². The molecule has 112 valence electrons. The van der Waals surface area contributed by atoms with E-state index in [0.29, 0.717) is 17.0 Å².